The Morgan fingerprint density at radius 3 is 2.62 bits per heavy atom. The van der Waals surface area contributed by atoms with E-state index in [1.807, 2.05) is 30.3 Å². The van der Waals surface area contributed by atoms with Gasteiger partial charge in [-0.05, 0) is 84.7 Å². The monoisotopic (exact) mass is 537 g/mol. The summed E-state index contributed by atoms with van der Waals surface area (Å²) in [5.74, 6) is 1.13. The summed E-state index contributed by atoms with van der Waals surface area (Å²) in [5.41, 5.74) is 4.82. The standard InChI is InChI=1S/C26H24BrN3O3S/c1-4-15(2)17-7-11-23-21(13-17)29-25(33-23)16-5-9-19(10-6-16)28-26(34)30-24(31)20-14-18(27)8-12-22(20)32-3/h5-15H,4H2,1-3H3,(H2,28,30,31,34)/t15-/m1/s1. The van der Waals surface area contributed by atoms with Crippen molar-refractivity contribution in [3.8, 4) is 17.2 Å². The molecule has 4 rings (SSSR count). The summed E-state index contributed by atoms with van der Waals surface area (Å²) in [4.78, 5) is 17.3. The van der Waals surface area contributed by atoms with Gasteiger partial charge in [-0.15, -0.1) is 0 Å². The third-order valence-corrected chi connectivity index (χ3v) is 6.31. The fourth-order valence-corrected chi connectivity index (χ4v) is 4.07. The molecule has 0 saturated carbocycles. The number of hydrogen-bond donors (Lipinski definition) is 2. The van der Waals surface area contributed by atoms with E-state index < -0.39 is 0 Å². The van der Waals surface area contributed by atoms with Crippen LogP contribution in [-0.4, -0.2) is 23.1 Å². The summed E-state index contributed by atoms with van der Waals surface area (Å²) in [6.07, 6.45) is 1.07. The van der Waals surface area contributed by atoms with Crippen molar-refractivity contribution in [2.45, 2.75) is 26.2 Å². The van der Waals surface area contributed by atoms with Crippen LogP contribution in [0.2, 0.25) is 0 Å². The van der Waals surface area contributed by atoms with E-state index in [1.54, 1.807) is 18.2 Å². The van der Waals surface area contributed by atoms with E-state index in [0.29, 0.717) is 23.1 Å². The first kappa shape index (κ1) is 23.9. The molecule has 1 amide bonds. The molecule has 6 nitrogen and oxygen atoms in total. The normalized spacial score (nSPS) is 11.8. The molecule has 2 N–H and O–H groups in total. The predicted octanol–water partition coefficient (Wildman–Crippen LogP) is 6.91. The second-order valence-electron chi connectivity index (χ2n) is 7.89. The van der Waals surface area contributed by atoms with E-state index in [0.717, 1.165) is 33.2 Å². The molecule has 0 fully saturated rings. The number of rotatable bonds is 6. The van der Waals surface area contributed by atoms with E-state index in [1.165, 1.54) is 12.7 Å². The van der Waals surface area contributed by atoms with Gasteiger partial charge >= 0.3 is 0 Å². The summed E-state index contributed by atoms with van der Waals surface area (Å²) in [5, 5.41) is 5.88. The molecule has 1 heterocycles. The average Bonchev–Trinajstić information content (AvgIpc) is 3.27. The maximum absolute atomic E-state index is 12.6. The molecule has 3 aromatic carbocycles. The minimum atomic E-state index is -0.365. The Morgan fingerprint density at radius 1 is 1.15 bits per heavy atom. The molecule has 0 aliphatic carbocycles. The first-order chi connectivity index (χ1) is 16.4. The zero-order chi connectivity index (χ0) is 24.2. The van der Waals surface area contributed by atoms with Crippen molar-refractivity contribution in [3.05, 3.63) is 76.3 Å². The molecule has 8 heteroatoms. The second kappa shape index (κ2) is 10.4. The molecular weight excluding hydrogens is 514 g/mol. The van der Waals surface area contributed by atoms with E-state index in [9.17, 15) is 4.79 Å². The largest absolute Gasteiger partial charge is 0.496 e. The van der Waals surface area contributed by atoms with E-state index >= 15 is 0 Å². The molecule has 0 unspecified atom stereocenters. The number of carbonyl (C=O) groups is 1. The van der Waals surface area contributed by atoms with E-state index in [2.05, 4.69) is 57.5 Å². The van der Waals surface area contributed by atoms with Crippen molar-refractivity contribution in [2.24, 2.45) is 0 Å². The number of carbonyl (C=O) groups excluding carboxylic acids is 1. The first-order valence-electron chi connectivity index (χ1n) is 10.8. The van der Waals surface area contributed by atoms with E-state index in [-0.39, 0.29) is 11.0 Å². The Kier molecular flexibility index (Phi) is 7.29. The van der Waals surface area contributed by atoms with Crippen LogP contribution in [0.25, 0.3) is 22.6 Å². The SMILES string of the molecule is CC[C@@H](C)c1ccc2oc(-c3ccc(NC(=S)NC(=O)c4cc(Br)ccc4OC)cc3)nc2c1. The van der Waals surface area contributed by atoms with Gasteiger partial charge in [0.1, 0.15) is 11.3 Å². The van der Waals surface area contributed by atoms with Crippen LogP contribution in [0.5, 0.6) is 5.75 Å². The Labute approximate surface area is 211 Å². The van der Waals surface area contributed by atoms with Crippen LogP contribution >= 0.6 is 28.1 Å². The van der Waals surface area contributed by atoms with E-state index in [4.69, 9.17) is 21.4 Å². The van der Waals surface area contributed by atoms with Gasteiger partial charge in [0.25, 0.3) is 5.91 Å². The summed E-state index contributed by atoms with van der Waals surface area (Å²) in [7, 11) is 1.51. The molecule has 0 saturated heterocycles. The number of halogens is 1. The number of thiocarbonyl (C=S) groups is 1. The zero-order valence-corrected chi connectivity index (χ0v) is 21.4. The zero-order valence-electron chi connectivity index (χ0n) is 19.0. The highest BCUT2D eigenvalue weighted by atomic mass is 79.9. The Bertz CT molecular complexity index is 1350. The number of amides is 1. The van der Waals surface area contributed by atoms with Crippen molar-refractivity contribution in [1.29, 1.82) is 0 Å². The van der Waals surface area contributed by atoms with Gasteiger partial charge in [-0.2, -0.15) is 0 Å². The maximum atomic E-state index is 12.6. The van der Waals surface area contributed by atoms with Gasteiger partial charge in [0.15, 0.2) is 10.7 Å². The lowest BCUT2D eigenvalue weighted by Crippen LogP contribution is -2.34. The van der Waals surface area contributed by atoms with Gasteiger partial charge in [-0.3, -0.25) is 10.1 Å². The van der Waals surface area contributed by atoms with Gasteiger partial charge in [0, 0.05) is 15.7 Å². The lowest BCUT2D eigenvalue weighted by molar-refractivity contribution is 0.0974. The molecule has 34 heavy (non-hydrogen) atoms. The molecule has 0 aliphatic rings. The number of methoxy groups -OCH3 is 1. The minimum absolute atomic E-state index is 0.180. The van der Waals surface area contributed by atoms with Crippen LogP contribution in [0.15, 0.2) is 69.6 Å². The van der Waals surface area contributed by atoms with Crippen molar-refractivity contribution < 1.29 is 13.9 Å². The third kappa shape index (κ3) is 5.29. The van der Waals surface area contributed by atoms with Gasteiger partial charge in [0.05, 0.1) is 12.7 Å². The molecule has 0 bridgehead atoms. The molecule has 0 spiro atoms. The molecular formula is C26H24BrN3O3S. The van der Waals surface area contributed by atoms with Crippen molar-refractivity contribution in [2.75, 3.05) is 12.4 Å². The third-order valence-electron chi connectivity index (χ3n) is 5.62. The second-order valence-corrected chi connectivity index (χ2v) is 9.21. The van der Waals surface area contributed by atoms with Gasteiger partial charge in [0.2, 0.25) is 5.89 Å². The average molecular weight is 538 g/mol. The maximum Gasteiger partial charge on any atom is 0.261 e. The Balaban J connectivity index is 1.44. The highest BCUT2D eigenvalue weighted by Gasteiger charge is 2.15. The lowest BCUT2D eigenvalue weighted by atomic mass is 9.98. The topological polar surface area (TPSA) is 76.4 Å². The quantitative estimate of drug-likeness (QED) is 0.260. The van der Waals surface area contributed by atoms with Crippen LogP contribution in [0, 0.1) is 0 Å². The van der Waals surface area contributed by atoms with Crippen LogP contribution in [0.1, 0.15) is 42.1 Å². The van der Waals surface area contributed by atoms with Gasteiger partial charge in [-0.1, -0.05) is 35.8 Å². The Hall–Kier alpha value is -3.23. The summed E-state index contributed by atoms with van der Waals surface area (Å²) < 4.78 is 12.0. The molecule has 4 aromatic rings. The number of ether oxygens (including phenoxy) is 1. The number of benzene rings is 3. The summed E-state index contributed by atoms with van der Waals surface area (Å²) in [6, 6.07) is 18.9. The highest BCUT2D eigenvalue weighted by Crippen LogP contribution is 2.28. The van der Waals surface area contributed by atoms with Crippen LogP contribution in [-0.2, 0) is 0 Å². The van der Waals surface area contributed by atoms with Crippen LogP contribution in [0.3, 0.4) is 0 Å². The molecule has 174 valence electrons. The van der Waals surface area contributed by atoms with Gasteiger partial charge in [-0.25, -0.2) is 4.98 Å². The highest BCUT2D eigenvalue weighted by molar-refractivity contribution is 9.10. The number of oxazole rings is 1. The molecule has 0 radical (unpaired) electrons. The Morgan fingerprint density at radius 2 is 1.91 bits per heavy atom. The number of hydrogen-bond acceptors (Lipinski definition) is 5. The van der Waals surface area contributed by atoms with Crippen LogP contribution < -0.4 is 15.4 Å². The smallest absolute Gasteiger partial charge is 0.261 e. The number of fused-ring (bicyclic) bond motifs is 1. The molecule has 1 aromatic heterocycles. The van der Waals surface area contributed by atoms with Crippen molar-refractivity contribution >= 4 is 56.0 Å². The number of nitrogens with one attached hydrogen (secondary N) is 2. The number of nitrogens with zero attached hydrogens (tertiary/aromatic N) is 1. The summed E-state index contributed by atoms with van der Waals surface area (Å²) in [6.45, 7) is 4.38. The van der Waals surface area contributed by atoms with Crippen molar-refractivity contribution in [1.82, 2.24) is 10.3 Å². The number of aromatic nitrogens is 1. The molecule has 1 atom stereocenters. The van der Waals surface area contributed by atoms with Crippen molar-refractivity contribution in [3.63, 3.8) is 0 Å². The minimum Gasteiger partial charge on any atom is -0.496 e. The van der Waals surface area contributed by atoms with Crippen LogP contribution in [0.4, 0.5) is 5.69 Å². The fourth-order valence-electron chi connectivity index (χ4n) is 3.50. The fraction of sp³-hybridized carbons (Fsp3) is 0.192. The van der Waals surface area contributed by atoms with Gasteiger partial charge < -0.3 is 14.5 Å². The molecule has 0 aliphatic heterocycles. The summed E-state index contributed by atoms with van der Waals surface area (Å²) >= 11 is 8.68. The number of anilines is 1. The lowest BCUT2D eigenvalue weighted by Gasteiger charge is -2.12. The first-order valence-corrected chi connectivity index (χ1v) is 12.0. The predicted molar refractivity (Wildman–Crippen MR) is 143 cm³/mol.